The molecule has 1 N–H and O–H groups in total. The second-order valence-corrected chi connectivity index (χ2v) is 6.18. The Morgan fingerprint density at radius 1 is 1.10 bits per heavy atom. The largest absolute Gasteiger partial charge is 0.342 e. The number of nitrogens with one attached hydrogen (secondary N) is 1. The molecule has 0 saturated carbocycles. The molecule has 0 aliphatic rings. The van der Waals surface area contributed by atoms with Crippen molar-refractivity contribution < 1.29 is 4.79 Å². The Morgan fingerprint density at radius 2 is 1.70 bits per heavy atom. The third-order valence-corrected chi connectivity index (χ3v) is 5.00. The molecule has 0 saturated heterocycles. The van der Waals surface area contributed by atoms with E-state index in [0.717, 1.165) is 10.0 Å². The molecule has 0 aliphatic carbocycles. The molecule has 1 unspecified atom stereocenters. The van der Waals surface area contributed by atoms with Crippen LogP contribution >= 0.6 is 31.9 Å². The van der Waals surface area contributed by atoms with Gasteiger partial charge in [-0.1, -0.05) is 58.4 Å². The van der Waals surface area contributed by atoms with Crippen LogP contribution < -0.4 is 5.32 Å². The highest BCUT2D eigenvalue weighted by Crippen LogP contribution is 2.24. The summed E-state index contributed by atoms with van der Waals surface area (Å²) < 4.78 is 0.794. The molecule has 20 heavy (non-hydrogen) atoms. The van der Waals surface area contributed by atoms with Crippen LogP contribution in [-0.4, -0.2) is 11.2 Å². The van der Waals surface area contributed by atoms with Gasteiger partial charge in [-0.2, -0.15) is 0 Å². The molecule has 0 heterocycles. The van der Waals surface area contributed by atoms with E-state index in [1.54, 1.807) is 6.07 Å². The highest BCUT2D eigenvalue weighted by molar-refractivity contribution is 9.10. The Balaban J connectivity index is 2.27. The lowest BCUT2D eigenvalue weighted by Crippen LogP contribution is -2.45. The number of halogens is 2. The first-order valence-corrected chi connectivity index (χ1v) is 8.17. The van der Waals surface area contributed by atoms with Crippen molar-refractivity contribution in [3.05, 3.63) is 70.2 Å². The number of carbonyl (C=O) groups is 1. The number of carbonyl (C=O) groups excluding carboxylic acids is 1. The normalized spacial score (nSPS) is 13.6. The molecule has 2 rings (SSSR count). The molecule has 0 aromatic heterocycles. The predicted molar refractivity (Wildman–Crippen MR) is 89.2 cm³/mol. The van der Waals surface area contributed by atoms with E-state index >= 15 is 0 Å². The highest BCUT2D eigenvalue weighted by atomic mass is 79.9. The number of hydrogen-bond acceptors (Lipinski definition) is 1. The summed E-state index contributed by atoms with van der Waals surface area (Å²) in [6, 6.07) is 17.4. The van der Waals surface area contributed by atoms with Crippen LogP contribution in [0.15, 0.2) is 59.1 Å². The zero-order valence-corrected chi connectivity index (χ0v) is 14.2. The molecule has 1 amide bonds. The Bertz CT molecular complexity index is 600. The van der Waals surface area contributed by atoms with Crippen molar-refractivity contribution in [1.29, 1.82) is 0 Å². The van der Waals surface area contributed by atoms with E-state index in [0.29, 0.717) is 10.9 Å². The Morgan fingerprint density at radius 3 is 2.30 bits per heavy atom. The average Bonchev–Trinajstić information content (AvgIpc) is 2.48. The van der Waals surface area contributed by atoms with Crippen LogP contribution in [0.4, 0.5) is 0 Å². The minimum Gasteiger partial charge on any atom is -0.342 e. The maximum absolute atomic E-state index is 12.5. The lowest BCUT2D eigenvalue weighted by Gasteiger charge is -2.29. The minimum absolute atomic E-state index is 0.0942. The van der Waals surface area contributed by atoms with Gasteiger partial charge in [-0.15, -0.1) is 0 Å². The molecule has 2 aromatic carbocycles. The first kappa shape index (κ1) is 15.3. The summed E-state index contributed by atoms with van der Waals surface area (Å²) >= 11 is 6.91. The fourth-order valence-electron chi connectivity index (χ4n) is 1.95. The van der Waals surface area contributed by atoms with Crippen molar-refractivity contribution in [3.8, 4) is 0 Å². The Hall–Kier alpha value is -1.13. The van der Waals surface area contributed by atoms with E-state index in [1.165, 1.54) is 0 Å². The third kappa shape index (κ3) is 3.30. The predicted octanol–water partition coefficient (Wildman–Crippen LogP) is 4.49. The van der Waals surface area contributed by atoms with E-state index < -0.39 is 5.54 Å². The number of alkyl halides is 1. The second-order valence-electron chi connectivity index (χ2n) is 4.77. The fraction of sp³-hybridized carbons (Fsp3) is 0.188. The van der Waals surface area contributed by atoms with E-state index in [4.69, 9.17) is 0 Å². The molecule has 0 spiro atoms. The van der Waals surface area contributed by atoms with Gasteiger partial charge in [0.2, 0.25) is 0 Å². The topological polar surface area (TPSA) is 29.1 Å². The maximum atomic E-state index is 12.5. The molecule has 0 bridgehead atoms. The molecule has 0 aliphatic heterocycles. The van der Waals surface area contributed by atoms with Crippen LogP contribution in [0.3, 0.4) is 0 Å². The monoisotopic (exact) mass is 395 g/mol. The van der Waals surface area contributed by atoms with Gasteiger partial charge in [-0.3, -0.25) is 4.79 Å². The molecule has 0 radical (unpaired) electrons. The molecule has 1 atom stereocenters. The lowest BCUT2D eigenvalue weighted by molar-refractivity contribution is 0.0913. The summed E-state index contributed by atoms with van der Waals surface area (Å²) in [6.07, 6.45) is 0. The molecule has 104 valence electrons. The van der Waals surface area contributed by atoms with Crippen molar-refractivity contribution in [2.45, 2.75) is 12.5 Å². The Kier molecular flexibility index (Phi) is 5.00. The van der Waals surface area contributed by atoms with E-state index in [9.17, 15) is 4.79 Å². The van der Waals surface area contributed by atoms with E-state index in [1.807, 2.05) is 55.5 Å². The van der Waals surface area contributed by atoms with Gasteiger partial charge in [-0.25, -0.2) is 0 Å². The number of benzene rings is 2. The second kappa shape index (κ2) is 6.55. The maximum Gasteiger partial charge on any atom is 0.253 e. The fourth-order valence-corrected chi connectivity index (χ4v) is 2.88. The van der Waals surface area contributed by atoms with Gasteiger partial charge in [-0.05, 0) is 40.5 Å². The smallest absolute Gasteiger partial charge is 0.253 e. The molecular formula is C16H15Br2NO. The standard InChI is InChI=1S/C16H15Br2NO/c1-16(11-17,12-7-3-2-4-8-12)19-15(20)13-9-5-6-10-14(13)18/h2-10H,11H2,1H3,(H,19,20). The van der Waals surface area contributed by atoms with Crippen LogP contribution in [-0.2, 0) is 5.54 Å². The quantitative estimate of drug-likeness (QED) is 0.758. The van der Waals surface area contributed by atoms with Gasteiger partial charge >= 0.3 is 0 Å². The van der Waals surface area contributed by atoms with Gasteiger partial charge in [0.25, 0.3) is 5.91 Å². The molecular weight excluding hydrogens is 382 g/mol. The van der Waals surface area contributed by atoms with Gasteiger partial charge in [0.1, 0.15) is 0 Å². The zero-order chi connectivity index (χ0) is 14.6. The van der Waals surface area contributed by atoms with Crippen LogP contribution in [0, 0.1) is 0 Å². The number of amides is 1. The molecule has 2 aromatic rings. The third-order valence-electron chi connectivity index (χ3n) is 3.19. The lowest BCUT2D eigenvalue weighted by atomic mass is 9.94. The van der Waals surface area contributed by atoms with E-state index in [-0.39, 0.29) is 5.91 Å². The van der Waals surface area contributed by atoms with Crippen LogP contribution in [0.1, 0.15) is 22.8 Å². The summed E-state index contributed by atoms with van der Waals surface area (Å²) in [4.78, 5) is 12.5. The van der Waals surface area contributed by atoms with Crippen LogP contribution in [0.5, 0.6) is 0 Å². The summed E-state index contributed by atoms with van der Waals surface area (Å²) in [6.45, 7) is 2.01. The molecule has 2 nitrogen and oxygen atoms in total. The SMILES string of the molecule is CC(CBr)(NC(=O)c1ccccc1Br)c1ccccc1. The molecule has 4 heteroatoms. The minimum atomic E-state index is -0.451. The van der Waals surface area contributed by atoms with Gasteiger partial charge < -0.3 is 5.32 Å². The first-order chi connectivity index (χ1) is 9.57. The number of rotatable bonds is 4. The summed E-state index contributed by atoms with van der Waals surface area (Å²) in [5.41, 5.74) is 1.25. The summed E-state index contributed by atoms with van der Waals surface area (Å²) in [5, 5.41) is 3.74. The van der Waals surface area contributed by atoms with Crippen LogP contribution in [0.25, 0.3) is 0 Å². The van der Waals surface area contributed by atoms with E-state index in [2.05, 4.69) is 37.2 Å². The van der Waals surface area contributed by atoms with Crippen molar-refractivity contribution in [2.24, 2.45) is 0 Å². The van der Waals surface area contributed by atoms with Crippen molar-refractivity contribution in [1.82, 2.24) is 5.32 Å². The van der Waals surface area contributed by atoms with Crippen molar-refractivity contribution >= 4 is 37.8 Å². The van der Waals surface area contributed by atoms with Crippen molar-refractivity contribution in [3.63, 3.8) is 0 Å². The highest BCUT2D eigenvalue weighted by Gasteiger charge is 2.28. The zero-order valence-electron chi connectivity index (χ0n) is 11.1. The molecule has 0 fully saturated rings. The summed E-state index contributed by atoms with van der Waals surface area (Å²) in [5.74, 6) is -0.0942. The number of hydrogen-bond donors (Lipinski definition) is 1. The average molecular weight is 397 g/mol. The van der Waals surface area contributed by atoms with Gasteiger partial charge in [0, 0.05) is 9.80 Å². The van der Waals surface area contributed by atoms with Crippen molar-refractivity contribution in [2.75, 3.05) is 5.33 Å². The summed E-state index contributed by atoms with van der Waals surface area (Å²) in [7, 11) is 0. The van der Waals surface area contributed by atoms with Gasteiger partial charge in [0.15, 0.2) is 0 Å². The van der Waals surface area contributed by atoms with Crippen LogP contribution in [0.2, 0.25) is 0 Å². The first-order valence-electron chi connectivity index (χ1n) is 6.25. The van der Waals surface area contributed by atoms with Gasteiger partial charge in [0.05, 0.1) is 11.1 Å². The Labute approximate surface area is 135 Å².